The first-order valence-electron chi connectivity index (χ1n) is 6.48. The standard InChI is InChI=1S/C14H17IN2O2/c1-3-10-14(19)17(11(4-2)13(18)16-10)12-8-6-5-7-9(12)15/h5-8,10-11H,3-4H2,1-2H3,(H,16,18). The van der Waals surface area contributed by atoms with Gasteiger partial charge in [-0.1, -0.05) is 26.0 Å². The number of para-hydroxylation sites is 1. The number of carbonyl (C=O) groups is 2. The van der Waals surface area contributed by atoms with Crippen molar-refractivity contribution >= 4 is 40.1 Å². The van der Waals surface area contributed by atoms with E-state index in [4.69, 9.17) is 0 Å². The number of nitrogens with zero attached hydrogens (tertiary/aromatic N) is 1. The van der Waals surface area contributed by atoms with Crippen molar-refractivity contribution in [3.63, 3.8) is 0 Å². The molecule has 0 aromatic heterocycles. The molecule has 0 spiro atoms. The minimum Gasteiger partial charge on any atom is -0.342 e. The molecule has 5 heteroatoms. The third kappa shape index (κ3) is 2.61. The highest BCUT2D eigenvalue weighted by Gasteiger charge is 2.40. The summed E-state index contributed by atoms with van der Waals surface area (Å²) >= 11 is 2.20. The average Bonchev–Trinajstić information content (AvgIpc) is 2.41. The lowest BCUT2D eigenvalue weighted by Crippen LogP contribution is -2.63. The molecule has 1 saturated heterocycles. The zero-order valence-corrected chi connectivity index (χ0v) is 13.2. The molecule has 0 radical (unpaired) electrons. The summed E-state index contributed by atoms with van der Waals surface area (Å²) in [5.74, 6) is -0.0772. The van der Waals surface area contributed by atoms with Crippen molar-refractivity contribution in [2.45, 2.75) is 38.8 Å². The van der Waals surface area contributed by atoms with E-state index in [0.717, 1.165) is 9.26 Å². The Morgan fingerprint density at radius 3 is 2.47 bits per heavy atom. The monoisotopic (exact) mass is 372 g/mol. The third-order valence-corrected chi connectivity index (χ3v) is 4.29. The molecule has 1 N–H and O–H groups in total. The number of benzene rings is 1. The normalized spacial score (nSPS) is 23.4. The first-order chi connectivity index (χ1) is 9.10. The highest BCUT2D eigenvalue weighted by molar-refractivity contribution is 14.1. The lowest BCUT2D eigenvalue weighted by Gasteiger charge is -2.38. The second-order valence-electron chi connectivity index (χ2n) is 4.55. The Hall–Kier alpha value is -1.11. The minimum atomic E-state index is -0.411. The molecule has 1 aliphatic heterocycles. The maximum atomic E-state index is 12.5. The molecule has 1 aromatic rings. The summed E-state index contributed by atoms with van der Waals surface area (Å²) in [6, 6.07) is 6.84. The fourth-order valence-corrected chi connectivity index (χ4v) is 2.99. The summed E-state index contributed by atoms with van der Waals surface area (Å²) in [6.07, 6.45) is 1.22. The number of halogens is 1. The van der Waals surface area contributed by atoms with Crippen molar-refractivity contribution < 1.29 is 9.59 Å². The van der Waals surface area contributed by atoms with Gasteiger partial charge in [-0.15, -0.1) is 0 Å². The molecule has 0 aliphatic carbocycles. The zero-order valence-electron chi connectivity index (χ0n) is 11.0. The summed E-state index contributed by atoms with van der Waals surface area (Å²) < 4.78 is 0.983. The SMILES string of the molecule is CCC1NC(=O)C(CC)N(c2ccccc2I)C1=O. The summed E-state index contributed by atoms with van der Waals surface area (Å²) in [7, 11) is 0. The molecule has 1 aromatic carbocycles. The van der Waals surface area contributed by atoms with E-state index in [1.165, 1.54) is 0 Å². The van der Waals surface area contributed by atoms with Gasteiger partial charge in [0.1, 0.15) is 12.1 Å². The highest BCUT2D eigenvalue weighted by Crippen LogP contribution is 2.28. The minimum absolute atomic E-state index is 0.0157. The van der Waals surface area contributed by atoms with Crippen LogP contribution in [0.3, 0.4) is 0 Å². The van der Waals surface area contributed by atoms with Crippen LogP contribution in [0, 0.1) is 3.57 Å². The van der Waals surface area contributed by atoms with Crippen LogP contribution in [0.2, 0.25) is 0 Å². The molecule has 2 atom stereocenters. The largest absolute Gasteiger partial charge is 0.342 e. The van der Waals surface area contributed by atoms with Gasteiger partial charge in [0.25, 0.3) is 0 Å². The maximum Gasteiger partial charge on any atom is 0.250 e. The Balaban J connectivity index is 2.46. The van der Waals surface area contributed by atoms with Crippen molar-refractivity contribution in [1.29, 1.82) is 0 Å². The van der Waals surface area contributed by atoms with Crippen LogP contribution in [-0.2, 0) is 9.59 Å². The van der Waals surface area contributed by atoms with E-state index in [0.29, 0.717) is 12.8 Å². The summed E-state index contributed by atoms with van der Waals surface area (Å²) in [5, 5.41) is 2.80. The van der Waals surface area contributed by atoms with Gasteiger partial charge in [0.2, 0.25) is 11.8 Å². The Labute approximate surface area is 126 Å². The number of anilines is 1. The maximum absolute atomic E-state index is 12.5. The first kappa shape index (κ1) is 14.3. The van der Waals surface area contributed by atoms with Crippen molar-refractivity contribution in [2.24, 2.45) is 0 Å². The molecule has 1 fully saturated rings. The topological polar surface area (TPSA) is 49.4 Å². The van der Waals surface area contributed by atoms with E-state index in [1.807, 2.05) is 38.1 Å². The first-order valence-corrected chi connectivity index (χ1v) is 7.56. The molecular weight excluding hydrogens is 355 g/mol. The van der Waals surface area contributed by atoms with Crippen LogP contribution >= 0.6 is 22.6 Å². The van der Waals surface area contributed by atoms with E-state index >= 15 is 0 Å². The molecule has 2 rings (SSSR count). The number of hydrogen-bond donors (Lipinski definition) is 1. The van der Waals surface area contributed by atoms with Crippen LogP contribution in [0.4, 0.5) is 5.69 Å². The summed E-state index contributed by atoms with van der Waals surface area (Å²) in [5.41, 5.74) is 0.827. The fourth-order valence-electron chi connectivity index (χ4n) is 2.35. The predicted octanol–water partition coefficient (Wildman–Crippen LogP) is 2.31. The summed E-state index contributed by atoms with van der Waals surface area (Å²) in [4.78, 5) is 26.3. The van der Waals surface area contributed by atoms with E-state index in [2.05, 4.69) is 27.9 Å². The van der Waals surface area contributed by atoms with E-state index in [1.54, 1.807) is 4.90 Å². The van der Waals surface area contributed by atoms with E-state index in [-0.39, 0.29) is 11.8 Å². The Kier molecular flexibility index (Phi) is 4.44. The quantitative estimate of drug-likeness (QED) is 0.828. The number of amides is 2. The Bertz CT molecular complexity index is 504. The number of nitrogens with one attached hydrogen (secondary N) is 1. The van der Waals surface area contributed by atoms with E-state index < -0.39 is 12.1 Å². The lowest BCUT2D eigenvalue weighted by molar-refractivity contribution is -0.134. The Morgan fingerprint density at radius 1 is 1.21 bits per heavy atom. The number of piperazine rings is 1. The molecular formula is C14H17IN2O2. The van der Waals surface area contributed by atoms with Crippen LogP contribution in [0.25, 0.3) is 0 Å². The van der Waals surface area contributed by atoms with Gasteiger partial charge in [-0.2, -0.15) is 0 Å². The number of hydrogen-bond acceptors (Lipinski definition) is 2. The van der Waals surface area contributed by atoms with Crippen LogP contribution in [0.5, 0.6) is 0 Å². The van der Waals surface area contributed by atoms with Crippen molar-refractivity contribution in [2.75, 3.05) is 4.90 Å². The molecule has 1 heterocycles. The second-order valence-corrected chi connectivity index (χ2v) is 5.72. The average molecular weight is 372 g/mol. The molecule has 0 bridgehead atoms. The second kappa shape index (κ2) is 5.90. The van der Waals surface area contributed by atoms with Crippen molar-refractivity contribution in [3.8, 4) is 0 Å². The van der Waals surface area contributed by atoms with Crippen LogP contribution in [0.15, 0.2) is 24.3 Å². The third-order valence-electron chi connectivity index (χ3n) is 3.37. The molecule has 0 saturated carbocycles. The lowest BCUT2D eigenvalue weighted by atomic mass is 10.0. The van der Waals surface area contributed by atoms with Crippen LogP contribution in [0.1, 0.15) is 26.7 Å². The molecule has 2 unspecified atom stereocenters. The van der Waals surface area contributed by atoms with Gasteiger partial charge in [0, 0.05) is 3.57 Å². The molecule has 4 nitrogen and oxygen atoms in total. The molecule has 2 amide bonds. The Morgan fingerprint density at radius 2 is 1.89 bits per heavy atom. The van der Waals surface area contributed by atoms with Gasteiger partial charge in [0.05, 0.1) is 5.69 Å². The van der Waals surface area contributed by atoms with Crippen LogP contribution < -0.4 is 10.2 Å². The predicted molar refractivity (Wildman–Crippen MR) is 82.9 cm³/mol. The number of rotatable bonds is 3. The zero-order chi connectivity index (χ0) is 14.0. The molecule has 102 valence electrons. The van der Waals surface area contributed by atoms with Gasteiger partial charge in [-0.05, 0) is 47.6 Å². The molecule has 1 aliphatic rings. The van der Waals surface area contributed by atoms with Gasteiger partial charge in [0.15, 0.2) is 0 Å². The molecule has 19 heavy (non-hydrogen) atoms. The number of carbonyl (C=O) groups excluding carboxylic acids is 2. The van der Waals surface area contributed by atoms with Gasteiger partial charge in [-0.25, -0.2) is 0 Å². The van der Waals surface area contributed by atoms with Gasteiger partial charge >= 0.3 is 0 Å². The van der Waals surface area contributed by atoms with Gasteiger partial charge in [-0.3, -0.25) is 14.5 Å². The van der Waals surface area contributed by atoms with Gasteiger partial charge < -0.3 is 5.32 Å². The van der Waals surface area contributed by atoms with Crippen LogP contribution in [-0.4, -0.2) is 23.9 Å². The fraction of sp³-hybridized carbons (Fsp3) is 0.429. The van der Waals surface area contributed by atoms with E-state index in [9.17, 15) is 9.59 Å². The van der Waals surface area contributed by atoms with Crippen molar-refractivity contribution in [3.05, 3.63) is 27.8 Å². The summed E-state index contributed by atoms with van der Waals surface area (Å²) in [6.45, 7) is 3.83. The smallest absolute Gasteiger partial charge is 0.250 e. The van der Waals surface area contributed by atoms with Crippen molar-refractivity contribution in [1.82, 2.24) is 5.32 Å². The highest BCUT2D eigenvalue weighted by atomic mass is 127.